The Morgan fingerprint density at radius 2 is 1.84 bits per heavy atom. The maximum absolute atomic E-state index is 12.9. The van der Waals surface area contributed by atoms with E-state index in [0.717, 1.165) is 22.0 Å². The van der Waals surface area contributed by atoms with Crippen molar-refractivity contribution < 1.29 is 18.4 Å². The van der Waals surface area contributed by atoms with Crippen molar-refractivity contribution >= 4 is 28.4 Å². The Labute approximate surface area is 180 Å². The van der Waals surface area contributed by atoms with Gasteiger partial charge in [-0.1, -0.05) is 11.8 Å². The molecule has 0 aliphatic heterocycles. The summed E-state index contributed by atoms with van der Waals surface area (Å²) in [5.41, 5.74) is 4.18. The number of fused-ring (bicyclic) bond motifs is 1. The summed E-state index contributed by atoms with van der Waals surface area (Å²) in [5.74, 6) is 0.819. The van der Waals surface area contributed by atoms with Crippen LogP contribution in [0.15, 0.2) is 75.6 Å². The molecule has 0 aliphatic carbocycles. The number of Topliss-reactive ketones (excluding diaryl/α,β-unsaturated/α-hetero) is 1. The van der Waals surface area contributed by atoms with Crippen LogP contribution >= 0.6 is 11.8 Å². The van der Waals surface area contributed by atoms with Crippen LogP contribution in [0.3, 0.4) is 0 Å². The smallest absolute Gasteiger partial charge is 0.210 e. The first-order valence-corrected chi connectivity index (χ1v) is 10.3. The van der Waals surface area contributed by atoms with Crippen molar-refractivity contribution in [1.82, 2.24) is 20.2 Å². The number of aromatic amines is 1. The summed E-state index contributed by atoms with van der Waals surface area (Å²) in [6, 6.07) is 9.17. The number of methoxy groups -OCH3 is 1. The molecule has 9 heteroatoms. The second-order valence-corrected chi connectivity index (χ2v) is 7.58. The Bertz CT molecular complexity index is 1340. The van der Waals surface area contributed by atoms with Crippen LogP contribution in [0.1, 0.15) is 10.4 Å². The predicted molar refractivity (Wildman–Crippen MR) is 115 cm³/mol. The number of thioether (sulfide) groups is 1. The van der Waals surface area contributed by atoms with E-state index in [0.29, 0.717) is 27.9 Å². The Hall–Kier alpha value is -3.85. The molecule has 31 heavy (non-hydrogen) atoms. The van der Waals surface area contributed by atoms with Crippen molar-refractivity contribution in [3.63, 3.8) is 0 Å². The van der Waals surface area contributed by atoms with Crippen LogP contribution in [-0.2, 0) is 0 Å². The first-order chi connectivity index (χ1) is 15.2. The molecule has 0 spiro atoms. The maximum Gasteiger partial charge on any atom is 0.210 e. The molecule has 4 heterocycles. The molecule has 0 radical (unpaired) electrons. The van der Waals surface area contributed by atoms with Crippen molar-refractivity contribution in [2.75, 3.05) is 12.9 Å². The van der Waals surface area contributed by atoms with Gasteiger partial charge < -0.3 is 18.6 Å². The number of carbonyl (C=O) groups is 1. The highest BCUT2D eigenvalue weighted by molar-refractivity contribution is 7.99. The van der Waals surface area contributed by atoms with Crippen LogP contribution in [0.4, 0.5) is 0 Å². The molecule has 0 atom stereocenters. The Kier molecular flexibility index (Phi) is 5.01. The van der Waals surface area contributed by atoms with E-state index in [1.54, 1.807) is 50.5 Å². The molecule has 0 saturated heterocycles. The van der Waals surface area contributed by atoms with E-state index < -0.39 is 0 Å². The molecule has 0 amide bonds. The van der Waals surface area contributed by atoms with Gasteiger partial charge in [-0.15, -0.1) is 10.2 Å². The van der Waals surface area contributed by atoms with Crippen LogP contribution in [0.5, 0.6) is 5.75 Å². The van der Waals surface area contributed by atoms with E-state index in [2.05, 4.69) is 20.2 Å². The molecule has 8 nitrogen and oxygen atoms in total. The summed E-state index contributed by atoms with van der Waals surface area (Å²) in [5, 5.41) is 9.73. The van der Waals surface area contributed by atoms with Gasteiger partial charge in [-0.3, -0.25) is 4.79 Å². The van der Waals surface area contributed by atoms with Crippen molar-refractivity contribution in [2.24, 2.45) is 0 Å². The number of rotatable bonds is 7. The number of ketones is 1. The Morgan fingerprint density at radius 3 is 2.55 bits per heavy atom. The number of benzene rings is 1. The topological polar surface area (TPSA) is 107 Å². The third kappa shape index (κ3) is 3.71. The molecular weight excluding hydrogens is 416 g/mol. The van der Waals surface area contributed by atoms with Gasteiger partial charge in [0, 0.05) is 33.8 Å². The fourth-order valence-electron chi connectivity index (χ4n) is 3.23. The number of ether oxygens (including phenoxy) is 1. The molecule has 5 aromatic rings. The van der Waals surface area contributed by atoms with Crippen LogP contribution in [0.2, 0.25) is 0 Å². The molecule has 0 aliphatic rings. The van der Waals surface area contributed by atoms with Gasteiger partial charge in [0.2, 0.25) is 5.16 Å². The van der Waals surface area contributed by atoms with Gasteiger partial charge in [-0.05, 0) is 30.3 Å². The van der Waals surface area contributed by atoms with Crippen LogP contribution in [0, 0.1) is 0 Å². The molecule has 0 saturated carbocycles. The van der Waals surface area contributed by atoms with Crippen molar-refractivity contribution in [3.8, 4) is 28.3 Å². The number of carbonyl (C=O) groups excluding carboxylic acids is 1. The molecule has 5 rings (SSSR count). The third-order valence-corrected chi connectivity index (χ3v) is 5.62. The monoisotopic (exact) mass is 432 g/mol. The zero-order valence-electron chi connectivity index (χ0n) is 16.4. The number of nitrogens with one attached hydrogen (secondary N) is 1. The van der Waals surface area contributed by atoms with Crippen LogP contribution in [-0.4, -0.2) is 38.8 Å². The fourth-order valence-corrected chi connectivity index (χ4v) is 3.90. The van der Waals surface area contributed by atoms with Gasteiger partial charge in [0.1, 0.15) is 17.1 Å². The lowest BCUT2D eigenvalue weighted by Crippen LogP contribution is -2.04. The average molecular weight is 432 g/mol. The van der Waals surface area contributed by atoms with E-state index >= 15 is 0 Å². The van der Waals surface area contributed by atoms with Gasteiger partial charge in [0.15, 0.2) is 5.78 Å². The second kappa shape index (κ2) is 8.11. The first-order valence-electron chi connectivity index (χ1n) is 9.34. The van der Waals surface area contributed by atoms with Crippen molar-refractivity contribution in [1.29, 1.82) is 0 Å². The largest absolute Gasteiger partial charge is 0.497 e. The van der Waals surface area contributed by atoms with Gasteiger partial charge in [-0.25, -0.2) is 4.98 Å². The highest BCUT2D eigenvalue weighted by Gasteiger charge is 2.18. The molecular formula is C22H16N4O4S. The minimum atomic E-state index is -0.0446. The predicted octanol–water partition coefficient (Wildman–Crippen LogP) is 4.86. The minimum absolute atomic E-state index is 0.0446. The van der Waals surface area contributed by atoms with E-state index in [-0.39, 0.29) is 11.5 Å². The first kappa shape index (κ1) is 19.1. The van der Waals surface area contributed by atoms with Crippen molar-refractivity contribution in [2.45, 2.75) is 5.16 Å². The normalized spacial score (nSPS) is 11.1. The van der Waals surface area contributed by atoms with Gasteiger partial charge in [0.25, 0.3) is 0 Å². The number of aromatic nitrogens is 4. The highest BCUT2D eigenvalue weighted by atomic mass is 32.2. The third-order valence-electron chi connectivity index (χ3n) is 4.78. The fraction of sp³-hybridized carbons (Fsp3) is 0.0909. The summed E-state index contributed by atoms with van der Waals surface area (Å²) < 4.78 is 15.6. The number of H-pyrrole nitrogens is 1. The zero-order valence-corrected chi connectivity index (χ0v) is 17.2. The van der Waals surface area contributed by atoms with E-state index in [4.69, 9.17) is 13.6 Å². The van der Waals surface area contributed by atoms with E-state index in [1.165, 1.54) is 11.8 Å². The lowest BCUT2D eigenvalue weighted by molar-refractivity contribution is 0.102. The maximum atomic E-state index is 12.9. The van der Waals surface area contributed by atoms with Gasteiger partial charge in [0.05, 0.1) is 37.9 Å². The quantitative estimate of drug-likeness (QED) is 0.287. The summed E-state index contributed by atoms with van der Waals surface area (Å²) in [6.07, 6.45) is 8.01. The summed E-state index contributed by atoms with van der Waals surface area (Å²) in [6.45, 7) is 0. The molecule has 0 bridgehead atoms. The molecule has 154 valence electrons. The number of nitrogens with zero attached hydrogens (tertiary/aromatic N) is 3. The molecule has 1 N–H and O–H groups in total. The lowest BCUT2D eigenvalue weighted by Gasteiger charge is -2.06. The van der Waals surface area contributed by atoms with Crippen LogP contribution in [0.25, 0.3) is 33.4 Å². The van der Waals surface area contributed by atoms with Crippen LogP contribution < -0.4 is 4.74 Å². The minimum Gasteiger partial charge on any atom is -0.497 e. The summed E-state index contributed by atoms with van der Waals surface area (Å²) in [7, 11) is 1.60. The summed E-state index contributed by atoms with van der Waals surface area (Å²) >= 11 is 1.23. The van der Waals surface area contributed by atoms with Gasteiger partial charge in [-0.2, -0.15) is 0 Å². The Balaban J connectivity index is 1.41. The standard InChI is InChI=1S/C22H16N4O4S/c1-28-15-2-3-18-16(8-15)17(9-23-18)19(27)12-31-22-24-20(13-4-6-29-10-13)21(25-26-22)14-5-7-30-11-14/h2-11,23H,12H2,1H3. The molecule has 0 fully saturated rings. The summed E-state index contributed by atoms with van der Waals surface area (Å²) in [4.78, 5) is 20.6. The highest BCUT2D eigenvalue weighted by Crippen LogP contribution is 2.31. The van der Waals surface area contributed by atoms with Gasteiger partial charge >= 0.3 is 0 Å². The van der Waals surface area contributed by atoms with E-state index in [9.17, 15) is 4.79 Å². The average Bonchev–Trinajstić information content (AvgIpc) is 3.58. The van der Waals surface area contributed by atoms with Crippen molar-refractivity contribution in [3.05, 3.63) is 67.1 Å². The molecule has 4 aromatic heterocycles. The second-order valence-electron chi connectivity index (χ2n) is 6.64. The van der Waals surface area contributed by atoms with E-state index in [1.807, 2.05) is 18.2 Å². The molecule has 0 unspecified atom stereocenters. The lowest BCUT2D eigenvalue weighted by atomic mass is 10.1. The SMILES string of the molecule is COc1ccc2[nH]cc(C(=O)CSc3nnc(-c4ccoc4)c(-c4ccoc4)n3)c2c1. The zero-order chi connectivity index (χ0) is 21.2. The molecule has 1 aromatic carbocycles. The number of furan rings is 2. The number of hydrogen-bond acceptors (Lipinski definition) is 8. The number of hydrogen-bond donors (Lipinski definition) is 1. The Morgan fingerprint density at radius 1 is 1.06 bits per heavy atom.